The van der Waals surface area contributed by atoms with Crippen LogP contribution in [0.4, 0.5) is 0 Å². The molecule has 19 heavy (non-hydrogen) atoms. The molecular weight excluding hydrogens is 244 g/mol. The Morgan fingerprint density at radius 2 is 2.32 bits per heavy atom. The second kappa shape index (κ2) is 9.28. The molecule has 5 heteroatoms. The summed E-state index contributed by atoms with van der Waals surface area (Å²) < 4.78 is 10.5. The normalized spacial score (nSPS) is 20.7. The summed E-state index contributed by atoms with van der Waals surface area (Å²) >= 11 is 0. The van der Waals surface area contributed by atoms with Crippen LogP contribution >= 0.6 is 0 Å². The molecule has 5 nitrogen and oxygen atoms in total. The van der Waals surface area contributed by atoms with Crippen LogP contribution in [0.2, 0.25) is 0 Å². The van der Waals surface area contributed by atoms with Crippen LogP contribution in [0, 0.1) is 0 Å². The first kappa shape index (κ1) is 16.4. The summed E-state index contributed by atoms with van der Waals surface area (Å²) in [6.07, 6.45) is 3.61. The Bertz CT molecular complexity index is 255. The Labute approximate surface area is 116 Å². The van der Waals surface area contributed by atoms with Crippen molar-refractivity contribution in [1.29, 1.82) is 0 Å². The number of hydrogen-bond donors (Lipinski definition) is 1. The van der Waals surface area contributed by atoms with Gasteiger partial charge in [-0.05, 0) is 32.4 Å². The van der Waals surface area contributed by atoms with Crippen molar-refractivity contribution in [2.75, 3.05) is 39.9 Å². The van der Waals surface area contributed by atoms with E-state index < -0.39 is 0 Å². The Morgan fingerprint density at radius 1 is 1.53 bits per heavy atom. The van der Waals surface area contributed by atoms with Crippen LogP contribution in [0.3, 0.4) is 0 Å². The summed E-state index contributed by atoms with van der Waals surface area (Å²) in [7, 11) is 1.44. The van der Waals surface area contributed by atoms with Crippen LogP contribution in [-0.4, -0.2) is 62.9 Å². The third-order valence-corrected chi connectivity index (χ3v) is 3.50. The van der Waals surface area contributed by atoms with E-state index in [0.29, 0.717) is 12.6 Å². The molecule has 2 unspecified atom stereocenters. The zero-order valence-electron chi connectivity index (χ0n) is 12.5. The van der Waals surface area contributed by atoms with Crippen LogP contribution in [0.15, 0.2) is 0 Å². The van der Waals surface area contributed by atoms with Gasteiger partial charge in [0.1, 0.15) is 6.04 Å². The maximum atomic E-state index is 11.8. The fraction of sp³-hybridized carbons (Fsp3) is 0.929. The zero-order chi connectivity index (χ0) is 14.1. The highest BCUT2D eigenvalue weighted by molar-refractivity contribution is 5.75. The van der Waals surface area contributed by atoms with Crippen molar-refractivity contribution >= 4 is 5.97 Å². The summed E-state index contributed by atoms with van der Waals surface area (Å²) in [4.78, 5) is 14.0. The molecule has 1 rings (SSSR count). The molecule has 1 fully saturated rings. The van der Waals surface area contributed by atoms with E-state index in [1.807, 2.05) is 0 Å². The molecule has 1 heterocycles. The smallest absolute Gasteiger partial charge is 0.324 e. The number of carbonyl (C=O) groups is 1. The summed E-state index contributed by atoms with van der Waals surface area (Å²) in [6, 6.07) is -0.244. The van der Waals surface area contributed by atoms with Crippen molar-refractivity contribution in [2.45, 2.75) is 45.3 Å². The van der Waals surface area contributed by atoms with Crippen molar-refractivity contribution in [3.05, 3.63) is 0 Å². The lowest BCUT2D eigenvalue weighted by Crippen LogP contribution is -2.48. The molecule has 0 aliphatic carbocycles. The number of rotatable bonds is 9. The average molecular weight is 272 g/mol. The highest BCUT2D eigenvalue weighted by Gasteiger charge is 2.24. The lowest BCUT2D eigenvalue weighted by molar-refractivity contribution is -0.143. The van der Waals surface area contributed by atoms with Gasteiger partial charge in [-0.1, -0.05) is 13.8 Å². The number of hydrogen-bond acceptors (Lipinski definition) is 5. The van der Waals surface area contributed by atoms with E-state index in [1.165, 1.54) is 7.11 Å². The minimum atomic E-state index is -0.244. The van der Waals surface area contributed by atoms with Gasteiger partial charge in [0, 0.05) is 19.7 Å². The molecule has 1 saturated heterocycles. The lowest BCUT2D eigenvalue weighted by Gasteiger charge is -2.27. The lowest BCUT2D eigenvalue weighted by atomic mass is 10.2. The van der Waals surface area contributed by atoms with Crippen molar-refractivity contribution in [2.24, 2.45) is 0 Å². The molecule has 0 amide bonds. The molecule has 0 bridgehead atoms. The molecule has 2 atom stereocenters. The van der Waals surface area contributed by atoms with Crippen molar-refractivity contribution in [3.8, 4) is 0 Å². The van der Waals surface area contributed by atoms with Crippen molar-refractivity contribution in [1.82, 2.24) is 10.2 Å². The largest absolute Gasteiger partial charge is 0.468 e. The minimum Gasteiger partial charge on any atom is -0.468 e. The number of carbonyl (C=O) groups excluding carboxylic acids is 1. The van der Waals surface area contributed by atoms with E-state index in [1.54, 1.807) is 0 Å². The Balaban J connectivity index is 2.45. The molecule has 0 aromatic heterocycles. The molecule has 1 N–H and O–H groups in total. The van der Waals surface area contributed by atoms with E-state index >= 15 is 0 Å². The van der Waals surface area contributed by atoms with Crippen LogP contribution in [0.1, 0.15) is 33.1 Å². The molecule has 112 valence electrons. The molecule has 0 radical (unpaired) electrons. The molecule has 0 aromatic carbocycles. The third kappa shape index (κ3) is 5.89. The summed E-state index contributed by atoms with van der Waals surface area (Å²) in [5.41, 5.74) is 0. The topological polar surface area (TPSA) is 50.8 Å². The number of ether oxygens (including phenoxy) is 2. The predicted molar refractivity (Wildman–Crippen MR) is 75.2 cm³/mol. The van der Waals surface area contributed by atoms with E-state index in [-0.39, 0.29) is 12.0 Å². The Morgan fingerprint density at radius 3 is 2.84 bits per heavy atom. The SMILES string of the molecule is CCCNC(CN(CC)CC1CCCO1)C(=O)OC. The van der Waals surface area contributed by atoms with Gasteiger partial charge in [-0.15, -0.1) is 0 Å². The summed E-state index contributed by atoms with van der Waals surface area (Å²) in [5.74, 6) is -0.181. The maximum Gasteiger partial charge on any atom is 0.324 e. The van der Waals surface area contributed by atoms with E-state index in [4.69, 9.17) is 9.47 Å². The zero-order valence-corrected chi connectivity index (χ0v) is 12.5. The number of esters is 1. The Hall–Kier alpha value is -0.650. The van der Waals surface area contributed by atoms with Crippen molar-refractivity contribution in [3.63, 3.8) is 0 Å². The van der Waals surface area contributed by atoms with Crippen LogP contribution < -0.4 is 5.32 Å². The first-order valence-corrected chi connectivity index (χ1v) is 7.36. The van der Waals surface area contributed by atoms with Gasteiger partial charge in [-0.3, -0.25) is 9.69 Å². The summed E-state index contributed by atoms with van der Waals surface area (Å²) in [5, 5.41) is 3.25. The number of likely N-dealkylation sites (N-methyl/N-ethyl adjacent to an activating group) is 1. The molecule has 0 saturated carbocycles. The van der Waals surface area contributed by atoms with E-state index in [0.717, 1.165) is 45.5 Å². The number of methoxy groups -OCH3 is 1. The number of nitrogens with zero attached hydrogens (tertiary/aromatic N) is 1. The van der Waals surface area contributed by atoms with Gasteiger partial charge in [-0.2, -0.15) is 0 Å². The molecule has 1 aliphatic rings. The van der Waals surface area contributed by atoms with Gasteiger partial charge in [-0.25, -0.2) is 0 Å². The minimum absolute atomic E-state index is 0.181. The third-order valence-electron chi connectivity index (χ3n) is 3.50. The molecule has 0 aromatic rings. The Kier molecular flexibility index (Phi) is 8.02. The second-order valence-corrected chi connectivity index (χ2v) is 5.02. The van der Waals surface area contributed by atoms with E-state index in [2.05, 4.69) is 24.1 Å². The van der Waals surface area contributed by atoms with Gasteiger partial charge in [0.25, 0.3) is 0 Å². The van der Waals surface area contributed by atoms with Crippen LogP contribution in [0.25, 0.3) is 0 Å². The van der Waals surface area contributed by atoms with Crippen LogP contribution in [-0.2, 0) is 14.3 Å². The highest BCUT2D eigenvalue weighted by Crippen LogP contribution is 2.13. The van der Waals surface area contributed by atoms with Gasteiger partial charge in [0.05, 0.1) is 13.2 Å². The van der Waals surface area contributed by atoms with E-state index in [9.17, 15) is 4.79 Å². The van der Waals surface area contributed by atoms with Crippen molar-refractivity contribution < 1.29 is 14.3 Å². The predicted octanol–water partition coefficient (Wildman–Crippen LogP) is 1.03. The summed E-state index contributed by atoms with van der Waals surface area (Å²) in [6.45, 7) is 8.41. The highest BCUT2D eigenvalue weighted by atomic mass is 16.5. The fourth-order valence-electron chi connectivity index (χ4n) is 2.35. The standard InChI is InChI=1S/C14H28N2O3/c1-4-8-15-13(14(17)18-3)11-16(5-2)10-12-7-6-9-19-12/h12-13,15H,4-11H2,1-3H3. The monoisotopic (exact) mass is 272 g/mol. The van der Waals surface area contributed by atoms with Gasteiger partial charge in [0.15, 0.2) is 0 Å². The van der Waals surface area contributed by atoms with Gasteiger partial charge < -0.3 is 14.8 Å². The average Bonchev–Trinajstić information content (AvgIpc) is 2.94. The first-order chi connectivity index (χ1) is 9.21. The number of nitrogens with one attached hydrogen (secondary N) is 1. The maximum absolute atomic E-state index is 11.8. The fourth-order valence-corrected chi connectivity index (χ4v) is 2.35. The van der Waals surface area contributed by atoms with Gasteiger partial charge >= 0.3 is 5.97 Å². The molecule has 1 aliphatic heterocycles. The molecular formula is C14H28N2O3. The molecule has 0 spiro atoms. The van der Waals surface area contributed by atoms with Gasteiger partial charge in [0.2, 0.25) is 0 Å². The van der Waals surface area contributed by atoms with Crippen LogP contribution in [0.5, 0.6) is 0 Å². The second-order valence-electron chi connectivity index (χ2n) is 5.02. The quantitative estimate of drug-likeness (QED) is 0.635. The first-order valence-electron chi connectivity index (χ1n) is 7.36.